The number of amides is 1. The van der Waals surface area contributed by atoms with Crippen LogP contribution in [0, 0.1) is 19.7 Å². The first kappa shape index (κ1) is 19.4. The number of esters is 1. The highest BCUT2D eigenvalue weighted by Crippen LogP contribution is 2.22. The molecule has 0 fully saturated rings. The second kappa shape index (κ2) is 8.99. The number of aryl methyl sites for hydroxylation is 2. The molecule has 0 aromatic heterocycles. The van der Waals surface area contributed by atoms with Crippen molar-refractivity contribution in [3.63, 3.8) is 0 Å². The van der Waals surface area contributed by atoms with Crippen LogP contribution in [0.1, 0.15) is 16.7 Å². The molecule has 0 N–H and O–H groups in total. The van der Waals surface area contributed by atoms with Gasteiger partial charge in [0.1, 0.15) is 11.6 Å². The summed E-state index contributed by atoms with van der Waals surface area (Å²) in [4.78, 5) is 25.1. The maximum Gasteiger partial charge on any atom is 0.344 e. The molecule has 138 valence electrons. The number of rotatable bonds is 7. The molecule has 0 saturated heterocycles. The van der Waals surface area contributed by atoms with Gasteiger partial charge in [-0.1, -0.05) is 36.4 Å². The Morgan fingerprint density at radius 2 is 1.65 bits per heavy atom. The average Bonchev–Trinajstić information content (AvgIpc) is 2.61. The van der Waals surface area contributed by atoms with Crippen LogP contribution in [-0.4, -0.2) is 37.0 Å². The van der Waals surface area contributed by atoms with Gasteiger partial charge in [-0.15, -0.1) is 0 Å². The molecule has 2 aromatic carbocycles. The number of hydrogen-bond donors (Lipinski definition) is 0. The lowest BCUT2D eigenvalue weighted by Crippen LogP contribution is -2.32. The van der Waals surface area contributed by atoms with Crippen LogP contribution in [0.25, 0.3) is 0 Å². The van der Waals surface area contributed by atoms with Gasteiger partial charge in [-0.25, -0.2) is 9.18 Å². The van der Waals surface area contributed by atoms with Crippen LogP contribution in [-0.2, 0) is 20.9 Å². The van der Waals surface area contributed by atoms with E-state index in [0.717, 1.165) is 11.1 Å². The number of hydrogen-bond acceptors (Lipinski definition) is 4. The molecule has 0 aliphatic heterocycles. The Morgan fingerprint density at radius 1 is 1.00 bits per heavy atom. The monoisotopic (exact) mass is 359 g/mol. The first-order valence-electron chi connectivity index (χ1n) is 8.20. The molecule has 0 bridgehead atoms. The maximum atomic E-state index is 13.6. The Balaban J connectivity index is 1.79. The molecule has 5 nitrogen and oxygen atoms in total. The number of carbonyl (C=O) groups is 2. The molecule has 26 heavy (non-hydrogen) atoms. The summed E-state index contributed by atoms with van der Waals surface area (Å²) in [6.07, 6.45) is 0. The van der Waals surface area contributed by atoms with E-state index in [9.17, 15) is 14.0 Å². The van der Waals surface area contributed by atoms with Gasteiger partial charge in [0.25, 0.3) is 5.91 Å². The van der Waals surface area contributed by atoms with Crippen molar-refractivity contribution < 1.29 is 23.5 Å². The summed E-state index contributed by atoms with van der Waals surface area (Å²) in [6, 6.07) is 11.9. The molecule has 0 unspecified atom stereocenters. The Bertz CT molecular complexity index is 771. The molecule has 6 heteroatoms. The van der Waals surface area contributed by atoms with E-state index in [1.807, 2.05) is 32.0 Å². The summed E-state index contributed by atoms with van der Waals surface area (Å²) in [6.45, 7) is 3.17. The van der Waals surface area contributed by atoms with Crippen LogP contribution in [0.4, 0.5) is 4.39 Å². The van der Waals surface area contributed by atoms with Crippen molar-refractivity contribution in [2.75, 3.05) is 20.3 Å². The molecule has 1 amide bonds. The predicted octanol–water partition coefficient (Wildman–Crippen LogP) is 3.02. The highest BCUT2D eigenvalue weighted by atomic mass is 19.1. The SMILES string of the molecule is Cc1cccc(C)c1OCC(=O)OCC(=O)N(C)Cc1ccccc1F. The van der Waals surface area contributed by atoms with Crippen LogP contribution >= 0.6 is 0 Å². The molecule has 2 rings (SSSR count). The molecule has 0 aliphatic rings. The Hall–Kier alpha value is -2.89. The van der Waals surface area contributed by atoms with E-state index >= 15 is 0 Å². The van der Waals surface area contributed by atoms with Crippen LogP contribution in [0.5, 0.6) is 5.75 Å². The zero-order valence-corrected chi connectivity index (χ0v) is 15.1. The molecule has 0 heterocycles. The van der Waals surface area contributed by atoms with Gasteiger partial charge in [0, 0.05) is 19.2 Å². The zero-order valence-electron chi connectivity index (χ0n) is 15.1. The molecular formula is C20H22FNO4. The van der Waals surface area contributed by atoms with Crippen LogP contribution < -0.4 is 4.74 Å². The van der Waals surface area contributed by atoms with Crippen molar-refractivity contribution in [3.8, 4) is 5.75 Å². The largest absolute Gasteiger partial charge is 0.481 e. The molecule has 0 atom stereocenters. The normalized spacial score (nSPS) is 10.3. The fraction of sp³-hybridized carbons (Fsp3) is 0.300. The number of likely N-dealkylation sites (N-methyl/N-ethyl adjacent to an activating group) is 1. The number of halogens is 1. The molecular weight excluding hydrogens is 337 g/mol. The molecule has 0 aliphatic carbocycles. The topological polar surface area (TPSA) is 55.8 Å². The van der Waals surface area contributed by atoms with Crippen molar-refractivity contribution in [2.45, 2.75) is 20.4 Å². The minimum absolute atomic E-state index is 0.0992. The molecule has 0 spiro atoms. The van der Waals surface area contributed by atoms with Gasteiger partial charge in [-0.05, 0) is 31.0 Å². The number of ether oxygens (including phenoxy) is 2. The molecule has 0 radical (unpaired) electrons. The van der Waals surface area contributed by atoms with Crippen molar-refractivity contribution in [1.82, 2.24) is 4.90 Å². The first-order valence-corrected chi connectivity index (χ1v) is 8.20. The Labute approximate surface area is 152 Å². The number of nitrogens with zero attached hydrogens (tertiary/aromatic N) is 1. The first-order chi connectivity index (χ1) is 12.4. The van der Waals surface area contributed by atoms with E-state index in [2.05, 4.69) is 0 Å². The van der Waals surface area contributed by atoms with Gasteiger partial charge in [0.05, 0.1) is 0 Å². The lowest BCUT2D eigenvalue weighted by atomic mass is 10.1. The molecule has 0 saturated carbocycles. The smallest absolute Gasteiger partial charge is 0.344 e. The van der Waals surface area contributed by atoms with Gasteiger partial charge in [-0.3, -0.25) is 4.79 Å². The summed E-state index contributed by atoms with van der Waals surface area (Å²) in [7, 11) is 1.52. The van der Waals surface area contributed by atoms with Crippen LogP contribution in [0.3, 0.4) is 0 Å². The summed E-state index contributed by atoms with van der Waals surface area (Å²) in [5.41, 5.74) is 2.23. The highest BCUT2D eigenvalue weighted by Gasteiger charge is 2.15. The summed E-state index contributed by atoms with van der Waals surface area (Å²) in [5, 5.41) is 0. The minimum Gasteiger partial charge on any atom is -0.481 e. The Morgan fingerprint density at radius 3 is 2.31 bits per heavy atom. The van der Waals surface area contributed by atoms with Crippen molar-refractivity contribution in [2.24, 2.45) is 0 Å². The van der Waals surface area contributed by atoms with E-state index in [1.54, 1.807) is 18.2 Å². The lowest BCUT2D eigenvalue weighted by molar-refractivity contribution is -0.153. The van der Waals surface area contributed by atoms with E-state index < -0.39 is 18.5 Å². The van der Waals surface area contributed by atoms with E-state index in [4.69, 9.17) is 9.47 Å². The quantitative estimate of drug-likeness (QED) is 0.713. The molecule has 2 aromatic rings. The number of benzene rings is 2. The van der Waals surface area contributed by atoms with E-state index in [0.29, 0.717) is 11.3 Å². The third-order valence-corrected chi connectivity index (χ3v) is 3.89. The van der Waals surface area contributed by atoms with Gasteiger partial charge < -0.3 is 14.4 Å². The maximum absolute atomic E-state index is 13.6. The third kappa shape index (κ3) is 5.31. The standard InChI is InChI=1S/C20H22FNO4/c1-14-7-6-8-15(2)20(14)26-13-19(24)25-12-18(23)22(3)11-16-9-4-5-10-17(16)21/h4-10H,11-13H2,1-3H3. The second-order valence-electron chi connectivity index (χ2n) is 6.01. The average molecular weight is 359 g/mol. The van der Waals surface area contributed by atoms with Crippen LogP contribution in [0.2, 0.25) is 0 Å². The van der Waals surface area contributed by atoms with Crippen LogP contribution in [0.15, 0.2) is 42.5 Å². The highest BCUT2D eigenvalue weighted by molar-refractivity contribution is 5.80. The summed E-state index contributed by atoms with van der Waals surface area (Å²) in [5.74, 6) is -0.812. The van der Waals surface area contributed by atoms with Gasteiger partial charge in [0.15, 0.2) is 13.2 Å². The number of carbonyl (C=O) groups excluding carboxylic acids is 2. The Kier molecular flexibility index (Phi) is 6.72. The summed E-state index contributed by atoms with van der Waals surface area (Å²) >= 11 is 0. The van der Waals surface area contributed by atoms with Crippen molar-refractivity contribution in [1.29, 1.82) is 0 Å². The number of para-hydroxylation sites is 1. The van der Waals surface area contributed by atoms with Gasteiger partial charge >= 0.3 is 5.97 Å². The van der Waals surface area contributed by atoms with Gasteiger partial charge in [0.2, 0.25) is 0 Å². The second-order valence-corrected chi connectivity index (χ2v) is 6.01. The fourth-order valence-electron chi connectivity index (χ4n) is 2.42. The van der Waals surface area contributed by atoms with Crippen molar-refractivity contribution in [3.05, 3.63) is 65.0 Å². The van der Waals surface area contributed by atoms with Gasteiger partial charge in [-0.2, -0.15) is 0 Å². The summed E-state index contributed by atoms with van der Waals surface area (Å²) < 4.78 is 24.0. The zero-order chi connectivity index (χ0) is 19.1. The minimum atomic E-state index is -0.639. The lowest BCUT2D eigenvalue weighted by Gasteiger charge is -2.17. The van der Waals surface area contributed by atoms with E-state index in [-0.39, 0.29) is 19.0 Å². The third-order valence-electron chi connectivity index (χ3n) is 3.89. The van der Waals surface area contributed by atoms with E-state index in [1.165, 1.54) is 18.0 Å². The predicted molar refractivity (Wildman–Crippen MR) is 95.2 cm³/mol. The fourth-order valence-corrected chi connectivity index (χ4v) is 2.42. The van der Waals surface area contributed by atoms with Crippen molar-refractivity contribution >= 4 is 11.9 Å².